The second-order valence-corrected chi connectivity index (χ2v) is 5.46. The van der Waals surface area contributed by atoms with Crippen LogP contribution in [-0.2, 0) is 0 Å². The van der Waals surface area contributed by atoms with Crippen molar-refractivity contribution in [3.63, 3.8) is 0 Å². The third kappa shape index (κ3) is 3.93. The molecular weight excluding hydrogens is 254 g/mol. The minimum atomic E-state index is 0.432. The third-order valence-electron chi connectivity index (χ3n) is 2.89. The summed E-state index contributed by atoms with van der Waals surface area (Å²) >= 11 is 8.02. The summed E-state index contributed by atoms with van der Waals surface area (Å²) in [5.41, 5.74) is 1.59. The second-order valence-electron chi connectivity index (χ2n) is 4.07. The van der Waals surface area contributed by atoms with Crippen LogP contribution < -0.4 is 4.90 Å². The summed E-state index contributed by atoms with van der Waals surface area (Å²) in [6.45, 7) is 2.18. The number of benzene rings is 1. The lowest BCUT2D eigenvalue weighted by molar-refractivity contribution is 0.112. The number of halogens is 1. The van der Waals surface area contributed by atoms with Gasteiger partial charge in [-0.05, 0) is 43.6 Å². The molecule has 0 N–H and O–H groups in total. The van der Waals surface area contributed by atoms with Gasteiger partial charge in [-0.2, -0.15) is 11.8 Å². The zero-order chi connectivity index (χ0) is 12.8. The van der Waals surface area contributed by atoms with Gasteiger partial charge in [0.15, 0.2) is 0 Å². The number of aldehydes is 1. The Labute approximate surface area is 112 Å². The maximum atomic E-state index is 10.6. The molecule has 0 aromatic heterocycles. The van der Waals surface area contributed by atoms with Crippen molar-refractivity contribution in [2.45, 2.75) is 19.4 Å². The molecule has 0 aliphatic rings. The fraction of sp³-hybridized carbons (Fsp3) is 0.462. The Morgan fingerprint density at radius 1 is 1.53 bits per heavy atom. The highest BCUT2D eigenvalue weighted by Crippen LogP contribution is 2.27. The van der Waals surface area contributed by atoms with Gasteiger partial charge in [0.05, 0.1) is 10.7 Å². The predicted octanol–water partition coefficient (Wildman–Crippen LogP) is 3.73. The second kappa shape index (κ2) is 6.92. The maximum absolute atomic E-state index is 10.6. The van der Waals surface area contributed by atoms with Gasteiger partial charge >= 0.3 is 0 Å². The van der Waals surface area contributed by atoms with Gasteiger partial charge in [0.2, 0.25) is 0 Å². The van der Waals surface area contributed by atoms with Crippen LogP contribution in [-0.4, -0.2) is 31.4 Å². The number of carbonyl (C=O) groups excluding carboxylic acids is 1. The molecule has 0 amide bonds. The van der Waals surface area contributed by atoms with Crippen molar-refractivity contribution in [1.29, 1.82) is 0 Å². The number of nitrogens with zero attached hydrogens (tertiary/aromatic N) is 1. The Morgan fingerprint density at radius 3 is 2.76 bits per heavy atom. The Morgan fingerprint density at radius 2 is 2.24 bits per heavy atom. The Bertz CT molecular complexity index is 384. The lowest BCUT2D eigenvalue weighted by Gasteiger charge is -2.27. The first-order valence-corrected chi connectivity index (χ1v) is 7.33. The maximum Gasteiger partial charge on any atom is 0.150 e. The van der Waals surface area contributed by atoms with Crippen LogP contribution in [0.3, 0.4) is 0 Å². The van der Waals surface area contributed by atoms with Crippen molar-refractivity contribution in [2.75, 3.05) is 24.0 Å². The Balaban J connectivity index is 2.81. The summed E-state index contributed by atoms with van der Waals surface area (Å²) < 4.78 is 0. The van der Waals surface area contributed by atoms with Crippen molar-refractivity contribution >= 4 is 35.3 Å². The first-order chi connectivity index (χ1) is 8.10. The van der Waals surface area contributed by atoms with E-state index in [0.29, 0.717) is 16.6 Å². The van der Waals surface area contributed by atoms with E-state index < -0.39 is 0 Å². The van der Waals surface area contributed by atoms with Crippen LogP contribution in [0.15, 0.2) is 18.2 Å². The molecule has 0 aliphatic heterocycles. The number of anilines is 1. The number of rotatable bonds is 6. The fourth-order valence-electron chi connectivity index (χ4n) is 1.60. The molecule has 2 nitrogen and oxygen atoms in total. The van der Waals surface area contributed by atoms with E-state index in [0.717, 1.165) is 24.1 Å². The van der Waals surface area contributed by atoms with Gasteiger partial charge in [-0.3, -0.25) is 4.79 Å². The van der Waals surface area contributed by atoms with E-state index in [1.807, 2.05) is 24.9 Å². The molecule has 0 saturated heterocycles. The van der Waals surface area contributed by atoms with Gasteiger partial charge in [-0.15, -0.1) is 0 Å². The van der Waals surface area contributed by atoms with Crippen LogP contribution in [0.5, 0.6) is 0 Å². The van der Waals surface area contributed by atoms with E-state index in [-0.39, 0.29) is 0 Å². The van der Waals surface area contributed by atoms with Gasteiger partial charge in [-0.25, -0.2) is 0 Å². The normalized spacial score (nSPS) is 12.2. The summed E-state index contributed by atoms with van der Waals surface area (Å²) in [5, 5.41) is 0.633. The molecule has 94 valence electrons. The van der Waals surface area contributed by atoms with E-state index in [9.17, 15) is 4.79 Å². The highest BCUT2D eigenvalue weighted by Gasteiger charge is 2.12. The third-order valence-corrected chi connectivity index (χ3v) is 3.84. The molecule has 17 heavy (non-hydrogen) atoms. The number of carbonyl (C=O) groups is 1. The molecule has 0 bridgehead atoms. The summed E-state index contributed by atoms with van der Waals surface area (Å²) in [7, 11) is 2.03. The highest BCUT2D eigenvalue weighted by molar-refractivity contribution is 7.98. The van der Waals surface area contributed by atoms with E-state index in [4.69, 9.17) is 11.6 Å². The van der Waals surface area contributed by atoms with Gasteiger partial charge in [-0.1, -0.05) is 11.6 Å². The molecule has 1 unspecified atom stereocenters. The van der Waals surface area contributed by atoms with Gasteiger partial charge in [0.1, 0.15) is 6.29 Å². The van der Waals surface area contributed by atoms with Gasteiger partial charge < -0.3 is 4.90 Å². The number of thioether (sulfide) groups is 1. The molecule has 4 heteroatoms. The zero-order valence-electron chi connectivity index (χ0n) is 10.4. The average molecular weight is 272 g/mol. The molecule has 1 aromatic carbocycles. The molecule has 0 saturated carbocycles. The molecule has 1 rings (SSSR count). The largest absolute Gasteiger partial charge is 0.371 e. The lowest BCUT2D eigenvalue weighted by atomic mass is 10.1. The van der Waals surface area contributed by atoms with E-state index in [1.54, 1.807) is 12.1 Å². The summed E-state index contributed by atoms with van der Waals surface area (Å²) in [5.74, 6) is 1.13. The van der Waals surface area contributed by atoms with Crippen LogP contribution in [0.1, 0.15) is 23.7 Å². The fourth-order valence-corrected chi connectivity index (χ4v) is 2.50. The summed E-state index contributed by atoms with van der Waals surface area (Å²) in [6.07, 6.45) is 4.04. The molecule has 1 atom stereocenters. The first kappa shape index (κ1) is 14.4. The molecular formula is C13H18ClNOS. The monoisotopic (exact) mass is 271 g/mol. The average Bonchev–Trinajstić information content (AvgIpc) is 2.34. The summed E-state index contributed by atoms with van der Waals surface area (Å²) in [4.78, 5) is 12.8. The molecule has 0 fully saturated rings. The number of hydrogen-bond acceptors (Lipinski definition) is 3. The van der Waals surface area contributed by atoms with Crippen LogP contribution in [0, 0.1) is 0 Å². The molecule has 0 radical (unpaired) electrons. The SMILES string of the molecule is CSCCC(C)N(C)c1ccc(C=O)cc1Cl. The van der Waals surface area contributed by atoms with Crippen molar-refractivity contribution < 1.29 is 4.79 Å². The quantitative estimate of drug-likeness (QED) is 0.736. The minimum absolute atomic E-state index is 0.432. The smallest absolute Gasteiger partial charge is 0.150 e. The zero-order valence-corrected chi connectivity index (χ0v) is 12.0. The van der Waals surface area contributed by atoms with Crippen LogP contribution in [0.25, 0.3) is 0 Å². The van der Waals surface area contributed by atoms with E-state index in [2.05, 4.69) is 18.1 Å². The standard InChI is InChI=1S/C13H18ClNOS/c1-10(6-7-17-3)15(2)13-5-4-11(9-16)8-12(13)14/h4-5,8-10H,6-7H2,1-3H3. The Kier molecular flexibility index (Phi) is 5.86. The Hall–Kier alpha value is -0.670. The van der Waals surface area contributed by atoms with Gasteiger partial charge in [0.25, 0.3) is 0 Å². The molecule has 0 aliphatic carbocycles. The molecule has 1 aromatic rings. The molecule has 0 spiro atoms. The van der Waals surface area contributed by atoms with Crippen LogP contribution in [0.2, 0.25) is 5.02 Å². The van der Waals surface area contributed by atoms with E-state index >= 15 is 0 Å². The highest BCUT2D eigenvalue weighted by atomic mass is 35.5. The lowest BCUT2D eigenvalue weighted by Crippen LogP contribution is -2.29. The predicted molar refractivity (Wildman–Crippen MR) is 77.7 cm³/mol. The van der Waals surface area contributed by atoms with Crippen LogP contribution >= 0.6 is 23.4 Å². The van der Waals surface area contributed by atoms with Crippen molar-refractivity contribution in [3.8, 4) is 0 Å². The minimum Gasteiger partial charge on any atom is -0.371 e. The van der Waals surface area contributed by atoms with Crippen molar-refractivity contribution in [1.82, 2.24) is 0 Å². The van der Waals surface area contributed by atoms with Crippen molar-refractivity contribution in [3.05, 3.63) is 28.8 Å². The van der Waals surface area contributed by atoms with Crippen molar-refractivity contribution in [2.24, 2.45) is 0 Å². The van der Waals surface area contributed by atoms with Gasteiger partial charge in [0, 0.05) is 18.7 Å². The number of hydrogen-bond donors (Lipinski definition) is 0. The topological polar surface area (TPSA) is 20.3 Å². The summed E-state index contributed by atoms with van der Waals surface area (Å²) in [6, 6.07) is 5.84. The van der Waals surface area contributed by atoms with E-state index in [1.165, 1.54) is 0 Å². The molecule has 0 heterocycles. The first-order valence-electron chi connectivity index (χ1n) is 5.56. The van der Waals surface area contributed by atoms with Crippen LogP contribution in [0.4, 0.5) is 5.69 Å².